The number of furan rings is 3. The molecule has 0 bridgehead atoms. The quantitative estimate of drug-likeness (QED) is 0.153. The average molecular weight is 1200 g/mol. The third-order valence-electron chi connectivity index (χ3n) is 18.9. The number of allylic oxidation sites excluding steroid dienone is 3. The Labute approximate surface area is 537 Å². The van der Waals surface area contributed by atoms with Gasteiger partial charge in [-0.2, -0.15) is 0 Å². The molecule has 452 valence electrons. The van der Waals surface area contributed by atoms with Crippen LogP contribution >= 0.6 is 0 Å². The van der Waals surface area contributed by atoms with Crippen LogP contribution in [0.4, 0.5) is 45.5 Å². The number of anilines is 8. The molecule has 6 aliphatic heterocycles. The van der Waals surface area contributed by atoms with Crippen LogP contribution in [0.1, 0.15) is 80.0 Å². The molecule has 0 unspecified atom stereocenters. The van der Waals surface area contributed by atoms with Crippen LogP contribution in [0.3, 0.4) is 0 Å². The highest BCUT2D eigenvalue weighted by molar-refractivity contribution is 6.75. The Bertz CT molecular complexity index is 4670. The molecular formula is C73H73B3N12O3. The fourth-order valence-electron chi connectivity index (χ4n) is 15.0. The van der Waals surface area contributed by atoms with Crippen molar-refractivity contribution in [1.29, 1.82) is 0 Å². The lowest BCUT2D eigenvalue weighted by Gasteiger charge is -2.44. The van der Waals surface area contributed by atoms with Crippen LogP contribution in [0, 0.1) is 20.8 Å². The number of hydrogen-bond acceptors (Lipinski definition) is 15. The first kappa shape index (κ1) is 53.8. The maximum atomic E-state index is 8.09. The van der Waals surface area contributed by atoms with Gasteiger partial charge in [0.05, 0.1) is 34.1 Å². The minimum Gasteiger partial charge on any atom is -0.439 e. The highest BCUT2D eigenvalue weighted by Gasteiger charge is 2.46. The van der Waals surface area contributed by atoms with Gasteiger partial charge < -0.3 is 42.7 Å². The first-order valence-corrected chi connectivity index (χ1v) is 31.5. The van der Waals surface area contributed by atoms with Crippen LogP contribution < -0.4 is 46.1 Å². The zero-order valence-corrected chi connectivity index (χ0v) is 53.5. The number of benzene rings is 5. The first-order chi connectivity index (χ1) is 45.3. The number of nitrogens with zero attached hydrogens (tertiary/aromatic N) is 12. The lowest BCUT2D eigenvalue weighted by Crippen LogP contribution is -2.59. The normalized spacial score (nSPS) is 18.6. The summed E-state index contributed by atoms with van der Waals surface area (Å²) in [5.41, 5.74) is 20.5. The maximum absolute atomic E-state index is 8.09. The SMILES string of the molecule is CB1c2c(oc3nc(C)ccc23)C=C(C)N1N1c2ccccc2N(c2ccccc2)[C@@H]1C.CB1c2c(oc3nc(C)ccc23)C=C(C)N1N1c2ccccc2N(c2ccccc2)[C@@H]1C.[2H]C([2H])([2H])N1c2ccccc2N(N2B(C)c3c(oc4nc(C)ccc34)C=C2C)[C@H]1C. The minimum absolute atomic E-state index is 0.0530. The molecular weight excluding hydrogens is 1130 g/mol. The summed E-state index contributed by atoms with van der Waals surface area (Å²) in [6.45, 7) is 23.3. The van der Waals surface area contributed by atoms with Crippen molar-refractivity contribution < 1.29 is 17.4 Å². The number of pyridine rings is 3. The Morgan fingerprint density at radius 1 is 0.363 bits per heavy atom. The highest BCUT2D eigenvalue weighted by Crippen LogP contribution is 2.49. The Hall–Kier alpha value is -10.2. The molecule has 11 aromatic rings. The van der Waals surface area contributed by atoms with Gasteiger partial charge in [-0.1, -0.05) is 93.3 Å². The van der Waals surface area contributed by atoms with Crippen LogP contribution in [0.5, 0.6) is 0 Å². The molecule has 0 amide bonds. The Morgan fingerprint density at radius 2 is 0.659 bits per heavy atom. The molecule has 6 aromatic heterocycles. The summed E-state index contributed by atoms with van der Waals surface area (Å²) in [4.78, 5) is 27.1. The van der Waals surface area contributed by atoms with Crippen LogP contribution in [0.2, 0.25) is 20.5 Å². The predicted octanol–water partition coefficient (Wildman–Crippen LogP) is 15.0. The van der Waals surface area contributed by atoms with Crippen molar-refractivity contribution in [3.8, 4) is 0 Å². The molecule has 15 nitrogen and oxygen atoms in total. The monoisotopic (exact) mass is 1200 g/mol. The molecule has 0 radical (unpaired) electrons. The van der Waals surface area contributed by atoms with Gasteiger partial charge in [0, 0.05) is 89.2 Å². The van der Waals surface area contributed by atoms with Gasteiger partial charge in [-0.05, 0) is 178 Å². The molecule has 0 fully saturated rings. The Kier molecular flexibility index (Phi) is 13.0. The first-order valence-electron chi connectivity index (χ1n) is 33.0. The van der Waals surface area contributed by atoms with Gasteiger partial charge in [-0.15, -0.1) is 0 Å². The Balaban J connectivity index is 0.000000116. The summed E-state index contributed by atoms with van der Waals surface area (Å²) >= 11 is 0. The largest absolute Gasteiger partial charge is 0.439 e. The topological polar surface area (TPSA) is 107 Å². The summed E-state index contributed by atoms with van der Waals surface area (Å²) in [6, 6.07) is 58.6. The average Bonchev–Trinajstić information content (AvgIpc) is 1.57. The number of aromatic nitrogens is 3. The van der Waals surface area contributed by atoms with E-state index in [0.29, 0.717) is 22.8 Å². The van der Waals surface area contributed by atoms with Gasteiger partial charge in [0.25, 0.3) is 0 Å². The fourth-order valence-corrected chi connectivity index (χ4v) is 15.0. The maximum Gasteiger partial charge on any atom is 0.315 e. The molecule has 91 heavy (non-hydrogen) atoms. The molecule has 0 saturated carbocycles. The number of para-hydroxylation sites is 8. The van der Waals surface area contributed by atoms with Crippen molar-refractivity contribution in [3.05, 3.63) is 221 Å². The van der Waals surface area contributed by atoms with E-state index in [1.165, 1.54) is 49.9 Å². The molecule has 0 spiro atoms. The molecule has 12 heterocycles. The van der Waals surface area contributed by atoms with Crippen molar-refractivity contribution in [3.63, 3.8) is 0 Å². The van der Waals surface area contributed by atoms with E-state index in [4.69, 9.17) is 17.4 Å². The molecule has 6 aliphatic rings. The molecule has 0 saturated heterocycles. The predicted molar refractivity (Wildman–Crippen MR) is 377 cm³/mol. The summed E-state index contributed by atoms with van der Waals surface area (Å²) in [6.07, 6.45) is 6.15. The number of fused-ring (bicyclic) bond motifs is 12. The summed E-state index contributed by atoms with van der Waals surface area (Å²) in [5, 5.41) is 10.1. The molecule has 0 aliphatic carbocycles. The number of rotatable bonds is 5. The molecule has 17 rings (SSSR count). The van der Waals surface area contributed by atoms with Crippen molar-refractivity contribution in [2.24, 2.45) is 0 Å². The third kappa shape index (κ3) is 9.14. The van der Waals surface area contributed by atoms with Gasteiger partial charge in [0.15, 0.2) is 0 Å². The molecule has 18 heteroatoms. The van der Waals surface area contributed by atoms with Crippen LogP contribution in [-0.4, -0.2) is 75.7 Å². The summed E-state index contributed by atoms with van der Waals surface area (Å²) < 4.78 is 42.7. The van der Waals surface area contributed by atoms with Crippen molar-refractivity contribution in [1.82, 2.24) is 29.7 Å². The van der Waals surface area contributed by atoms with E-state index in [9.17, 15) is 0 Å². The van der Waals surface area contributed by atoms with Gasteiger partial charge in [-0.25, -0.2) is 15.0 Å². The summed E-state index contributed by atoms with van der Waals surface area (Å²) in [7, 11) is 0. The van der Waals surface area contributed by atoms with Crippen LogP contribution in [0.15, 0.2) is 200 Å². The van der Waals surface area contributed by atoms with E-state index >= 15 is 0 Å². The third-order valence-corrected chi connectivity index (χ3v) is 18.9. The molecule has 3 atom stereocenters. The zero-order valence-electron chi connectivity index (χ0n) is 56.5. The van der Waals surface area contributed by atoms with Gasteiger partial charge in [0.2, 0.25) is 17.1 Å². The fraction of sp³-hybridized carbons (Fsp3) is 0.219. The van der Waals surface area contributed by atoms with Crippen molar-refractivity contribution in [2.45, 2.75) is 101 Å². The lowest BCUT2D eigenvalue weighted by atomic mass is 9.55. The van der Waals surface area contributed by atoms with E-state index in [2.05, 4.69) is 254 Å². The second kappa shape index (κ2) is 22.1. The van der Waals surface area contributed by atoms with E-state index in [1.807, 2.05) is 71.0 Å². The van der Waals surface area contributed by atoms with E-state index in [0.717, 1.165) is 78.8 Å². The van der Waals surface area contributed by atoms with E-state index < -0.39 is 6.98 Å². The smallest absolute Gasteiger partial charge is 0.315 e. The molecule has 0 N–H and O–H groups in total. The van der Waals surface area contributed by atoms with E-state index in [1.54, 1.807) is 0 Å². The second-order valence-electron chi connectivity index (χ2n) is 24.7. The minimum atomic E-state index is -2.24. The standard InChI is InChI=1S/2C26H25BN4O.C21H23BN4O/c2*1-17-14-15-21-25-24(32-26(21)28-17)16-18(2)31(27(25)4)30-19(3)29(20-10-6-5-7-11-20)22-12-8-9-13-23(22)30;1-13-10-11-16-20-19(27-21(16)23-13)12-14(2)26(22(20)4)25-15(3)24(5)17-8-6-7-9-18(17)25/h2*5-16,19H,1-4H3;6-12,15H,1-5H3/t2*19-;15-/m000/s1/i;;5D3. The second-order valence-corrected chi connectivity index (χ2v) is 24.7. The lowest BCUT2D eigenvalue weighted by molar-refractivity contribution is 0.438. The zero-order chi connectivity index (χ0) is 65.3. The summed E-state index contributed by atoms with van der Waals surface area (Å²) in [5.74, 6) is 2.65. The number of hydrogen-bond donors (Lipinski definition) is 0. The van der Waals surface area contributed by atoms with Gasteiger partial charge >= 0.3 is 20.5 Å². The number of hydrazine groups is 3. The van der Waals surface area contributed by atoms with Crippen LogP contribution in [-0.2, 0) is 0 Å². The van der Waals surface area contributed by atoms with Crippen LogP contribution in [0.25, 0.3) is 51.5 Å². The van der Waals surface area contributed by atoms with Crippen molar-refractivity contribution >= 4 is 134 Å². The highest BCUT2D eigenvalue weighted by atomic mass is 16.4. The van der Waals surface area contributed by atoms with Crippen molar-refractivity contribution in [2.75, 3.05) is 36.7 Å². The number of aryl methyl sites for hydroxylation is 3. The van der Waals surface area contributed by atoms with Gasteiger partial charge in [0.1, 0.15) is 35.8 Å². The van der Waals surface area contributed by atoms with E-state index in [-0.39, 0.29) is 39.0 Å². The molecule has 5 aromatic carbocycles. The van der Waals surface area contributed by atoms with Gasteiger partial charge in [-0.3, -0.25) is 15.0 Å². The Morgan fingerprint density at radius 3 is 1.00 bits per heavy atom.